The number of para-hydroxylation sites is 1. The number of hydrogen-bond donors (Lipinski definition) is 6. The molecule has 18 heteroatoms. The first-order chi connectivity index (χ1) is 34.9. The number of piperidine rings is 2. The number of ether oxygens (including phenoxy) is 2. The van der Waals surface area contributed by atoms with E-state index in [0.29, 0.717) is 34.3 Å². The van der Waals surface area contributed by atoms with E-state index in [-0.39, 0.29) is 67.4 Å². The Bertz CT molecular complexity index is 2730. The number of aromatic nitrogens is 6. The molecule has 4 atom stereocenters. The van der Waals surface area contributed by atoms with E-state index in [2.05, 4.69) is 52.4 Å². The number of phenolic OH excluding ortho intramolecular Hbond substituents is 1. The lowest BCUT2D eigenvalue weighted by Gasteiger charge is -2.41. The van der Waals surface area contributed by atoms with Crippen molar-refractivity contribution in [3.63, 3.8) is 0 Å². The number of aryl methyl sites for hydroxylation is 1. The van der Waals surface area contributed by atoms with Gasteiger partial charge in [-0.3, -0.25) is 29.5 Å². The predicted octanol–water partition coefficient (Wildman–Crippen LogP) is 6.08. The summed E-state index contributed by atoms with van der Waals surface area (Å²) in [6.07, 6.45) is 10.8. The van der Waals surface area contributed by atoms with Crippen LogP contribution in [0.15, 0.2) is 83.8 Å². The largest absolute Gasteiger partial charge is 0.507 e. The number of β-amino-alcohol motifs (C(OH)–C–C–N with tert-alkyl or cyclic N) is 1. The molecule has 0 spiro atoms. The highest BCUT2D eigenvalue weighted by atomic mass is 16.5. The molecule has 5 aromatic rings. The van der Waals surface area contributed by atoms with E-state index < -0.39 is 18.1 Å². The summed E-state index contributed by atoms with van der Waals surface area (Å²) in [5.41, 5.74) is 10.9. The van der Waals surface area contributed by atoms with E-state index in [4.69, 9.17) is 19.7 Å². The molecule has 18 nitrogen and oxygen atoms in total. The van der Waals surface area contributed by atoms with Crippen molar-refractivity contribution in [2.24, 2.45) is 18.9 Å². The first kappa shape index (κ1) is 50.3. The zero-order chi connectivity index (χ0) is 50.3. The van der Waals surface area contributed by atoms with Crippen molar-refractivity contribution in [3.8, 4) is 40.1 Å². The Balaban J connectivity index is 0.680. The van der Waals surface area contributed by atoms with E-state index in [9.17, 15) is 19.8 Å². The van der Waals surface area contributed by atoms with Crippen molar-refractivity contribution < 1.29 is 33.8 Å². The van der Waals surface area contributed by atoms with Crippen molar-refractivity contribution in [2.45, 2.75) is 108 Å². The number of aromatic hydroxyl groups is 1. The number of nitrogen functional groups attached to an aromatic ring is 1. The molecule has 72 heavy (non-hydrogen) atoms. The number of nitrogens with zero attached hydrogens (tertiary/aromatic N) is 7. The van der Waals surface area contributed by atoms with Crippen LogP contribution in [0.3, 0.4) is 0 Å². The summed E-state index contributed by atoms with van der Waals surface area (Å²) in [4.78, 5) is 38.8. The second-order valence-corrected chi connectivity index (χ2v) is 20.2. The number of carbonyl (C=O) groups excluding carboxylic acids is 2. The monoisotopic (exact) mass is 984 g/mol. The average Bonchev–Trinajstić information content (AvgIpc) is 4.13. The highest BCUT2D eigenvalue weighted by Crippen LogP contribution is 2.35. The van der Waals surface area contributed by atoms with Crippen molar-refractivity contribution in [1.29, 1.82) is 0 Å². The zero-order valence-corrected chi connectivity index (χ0v) is 41.7. The molecule has 2 aromatic carbocycles. The minimum atomic E-state index is -0.805. The number of likely N-dealkylation sites (tertiary alicyclic amines) is 2. The molecule has 1 saturated carbocycles. The lowest BCUT2D eigenvalue weighted by Crippen LogP contribution is -2.48. The maximum atomic E-state index is 14.3. The molecule has 1 aliphatic carbocycles. The van der Waals surface area contributed by atoms with Gasteiger partial charge in [0.1, 0.15) is 30.1 Å². The maximum Gasteiger partial charge on any atom is 0.243 e. The number of H-pyrrole nitrogens is 2. The third kappa shape index (κ3) is 12.0. The minimum Gasteiger partial charge on any atom is -0.507 e. The number of benzene rings is 2. The van der Waals surface area contributed by atoms with Crippen LogP contribution >= 0.6 is 0 Å². The molecular weight excluding hydrogens is 915 g/mol. The molecule has 0 unspecified atom stereocenters. The van der Waals surface area contributed by atoms with Gasteiger partial charge in [0.25, 0.3) is 0 Å². The Kier molecular flexibility index (Phi) is 16.0. The van der Waals surface area contributed by atoms with Gasteiger partial charge in [-0.25, -0.2) is 0 Å². The van der Waals surface area contributed by atoms with Crippen LogP contribution in [-0.4, -0.2) is 138 Å². The third-order valence-corrected chi connectivity index (χ3v) is 14.8. The molecule has 4 fully saturated rings. The van der Waals surface area contributed by atoms with Crippen molar-refractivity contribution in [3.05, 3.63) is 96.1 Å². The second-order valence-electron chi connectivity index (χ2n) is 20.2. The molecule has 6 heterocycles. The van der Waals surface area contributed by atoms with Gasteiger partial charge in [-0.2, -0.15) is 5.10 Å². The first-order valence-electron chi connectivity index (χ1n) is 25.5. The van der Waals surface area contributed by atoms with Gasteiger partial charge in [0.2, 0.25) is 11.8 Å². The minimum absolute atomic E-state index is 0.0801. The van der Waals surface area contributed by atoms with Gasteiger partial charge in [-0.05, 0) is 73.8 Å². The van der Waals surface area contributed by atoms with Crippen LogP contribution in [0.25, 0.3) is 22.5 Å². The fourth-order valence-electron chi connectivity index (χ4n) is 10.5. The van der Waals surface area contributed by atoms with E-state index in [0.717, 1.165) is 93.9 Å². The average molecular weight is 984 g/mol. The molecule has 7 N–H and O–H groups in total. The molecule has 0 bridgehead atoms. The Labute approximate surface area is 420 Å². The summed E-state index contributed by atoms with van der Waals surface area (Å²) in [7, 11) is 1.90. The number of nitrogens with two attached hydrogens (primary N) is 1. The van der Waals surface area contributed by atoms with Gasteiger partial charge >= 0.3 is 0 Å². The number of amides is 2. The summed E-state index contributed by atoms with van der Waals surface area (Å²) in [6.45, 7) is 11.1. The highest BCUT2D eigenvalue weighted by molar-refractivity contribution is 5.91. The van der Waals surface area contributed by atoms with Crippen LogP contribution in [-0.2, 0) is 26.1 Å². The quantitative estimate of drug-likeness (QED) is 0.0655. The van der Waals surface area contributed by atoms with Gasteiger partial charge in [0, 0.05) is 89.6 Å². The number of rotatable bonds is 15. The molecule has 4 aliphatic rings. The molecule has 382 valence electrons. The van der Waals surface area contributed by atoms with E-state index in [1.165, 1.54) is 4.90 Å². The van der Waals surface area contributed by atoms with E-state index >= 15 is 0 Å². The normalized spacial score (nSPS) is 21.7. The van der Waals surface area contributed by atoms with E-state index in [1.807, 2.05) is 75.0 Å². The fraction of sp³-hybridized carbons (Fsp3) is 0.500. The van der Waals surface area contributed by atoms with Crippen LogP contribution in [0.4, 0.5) is 11.6 Å². The van der Waals surface area contributed by atoms with Crippen LogP contribution in [0.2, 0.25) is 0 Å². The summed E-state index contributed by atoms with van der Waals surface area (Å²) in [6, 6.07) is 17.7. The second kappa shape index (κ2) is 22.8. The summed E-state index contributed by atoms with van der Waals surface area (Å²) in [5.74, 6) is 7.01. The van der Waals surface area contributed by atoms with Crippen LogP contribution in [0, 0.1) is 23.7 Å². The van der Waals surface area contributed by atoms with E-state index in [1.54, 1.807) is 36.8 Å². The Morgan fingerprint density at radius 3 is 2.43 bits per heavy atom. The Morgan fingerprint density at radius 1 is 0.944 bits per heavy atom. The number of aliphatic hydroxyl groups excluding tert-OH is 1. The molecule has 3 aromatic heterocycles. The number of phenols is 1. The lowest BCUT2D eigenvalue weighted by atomic mass is 9.91. The Morgan fingerprint density at radius 2 is 1.71 bits per heavy atom. The lowest BCUT2D eigenvalue weighted by molar-refractivity contribution is -0.141. The number of carbonyl (C=O) groups is 2. The van der Waals surface area contributed by atoms with Gasteiger partial charge < -0.3 is 50.0 Å². The molecule has 3 saturated heterocycles. The molecule has 2 amide bonds. The number of nitrogens with one attached hydrogen (secondary N) is 3. The zero-order valence-electron chi connectivity index (χ0n) is 41.7. The third-order valence-electron chi connectivity index (χ3n) is 14.8. The van der Waals surface area contributed by atoms with Crippen molar-refractivity contribution in [1.82, 2.24) is 45.2 Å². The number of aliphatic hydroxyl groups is 1. The summed E-state index contributed by atoms with van der Waals surface area (Å²) < 4.78 is 20.2. The molecule has 9 rings (SSSR count). The van der Waals surface area contributed by atoms with Crippen molar-refractivity contribution in [2.75, 3.05) is 56.5 Å². The van der Waals surface area contributed by atoms with Gasteiger partial charge in [-0.1, -0.05) is 67.2 Å². The molecule has 3 aliphatic heterocycles. The van der Waals surface area contributed by atoms with Crippen molar-refractivity contribution >= 4 is 23.5 Å². The number of aromatic amines is 2. The van der Waals surface area contributed by atoms with Gasteiger partial charge in [0.15, 0.2) is 11.6 Å². The first-order valence-corrected chi connectivity index (χ1v) is 25.5. The predicted molar refractivity (Wildman–Crippen MR) is 273 cm³/mol. The fourth-order valence-corrected chi connectivity index (χ4v) is 10.5. The van der Waals surface area contributed by atoms with Crippen LogP contribution < -0.4 is 16.0 Å². The number of anilines is 2. The van der Waals surface area contributed by atoms with Crippen LogP contribution in [0.5, 0.6) is 5.75 Å². The molecule has 0 radical (unpaired) electrons. The van der Waals surface area contributed by atoms with Gasteiger partial charge in [-0.15, -0.1) is 0 Å². The van der Waals surface area contributed by atoms with Gasteiger partial charge in [0.05, 0.1) is 53.6 Å². The maximum absolute atomic E-state index is 14.3. The molecular formula is C54H69N11O7. The smallest absolute Gasteiger partial charge is 0.243 e. The standard InChI is InChI=1S/C54H69N11O7/c1-34(2)51(54(69)65-33-40(66)26-47(65)53(68)58-35(3)37-11-13-38(14-12-37)46-15-20-57-62(46)4)49-29-50(61-72-49)64-23-16-36(17-24-64)32-63-21-18-41(19-22-63)71-43-27-42(28-43)70-25-7-8-39-30-56-31-45(59-60-52(39)55)44-9-5-6-10-48(44)67/h5-6,9-15,20,29-31,34-36,40-43,47,51,59-60,66-67H,16-19,21-28,32-33,55H2,1-4H3,(H,58,68)/t35-,40+,42?,43?,47-,51+/m0/s1. The van der Waals surface area contributed by atoms with Crippen LogP contribution in [0.1, 0.15) is 94.6 Å². The summed E-state index contributed by atoms with van der Waals surface area (Å²) >= 11 is 0. The summed E-state index contributed by atoms with van der Waals surface area (Å²) in [5, 5.41) is 38.7. The Hall–Kier alpha value is -6.65. The SMILES string of the molecule is CC(C)[C@@H](C(=O)N1C[C@H](O)C[C@H]1C(=O)N[C@@H](C)c1ccc(-c2ccnn2C)cc1)c1cc(N2CCC(CN3CCC(OC4CC(OCC#Cc5cncc(-c6ccccc6O)[nH][nH]c5N)C4)CC3)CC2)no1. The number of hydrogen-bond acceptors (Lipinski definition) is 13. The highest BCUT2D eigenvalue weighted by Gasteiger charge is 2.44. The topological polar surface area (TPSA) is 229 Å².